The van der Waals surface area contributed by atoms with Crippen LogP contribution in [0.4, 0.5) is 11.4 Å². The average molecular weight is 521 g/mol. The minimum absolute atomic E-state index is 0.0330. The molecule has 11 heteroatoms. The van der Waals surface area contributed by atoms with E-state index in [-0.39, 0.29) is 16.8 Å². The molecule has 0 N–H and O–H groups in total. The van der Waals surface area contributed by atoms with Gasteiger partial charge in [-0.25, -0.2) is 9.79 Å². The summed E-state index contributed by atoms with van der Waals surface area (Å²) in [5, 5.41) is 11.9. The van der Waals surface area contributed by atoms with E-state index in [0.717, 1.165) is 5.56 Å². The summed E-state index contributed by atoms with van der Waals surface area (Å²) in [7, 11) is 1.29. The number of ether oxygens (including phenoxy) is 2. The third-order valence-corrected chi connectivity index (χ3v) is 7.37. The highest BCUT2D eigenvalue weighted by molar-refractivity contribution is 7.07. The zero-order valence-corrected chi connectivity index (χ0v) is 21.1. The molecule has 3 aromatic rings. The summed E-state index contributed by atoms with van der Waals surface area (Å²) in [6, 6.07) is 13.5. The number of carbonyl (C=O) groups excluding carboxylic acids is 1. The quantitative estimate of drug-likeness (QED) is 0.288. The van der Waals surface area contributed by atoms with Crippen molar-refractivity contribution in [1.29, 1.82) is 0 Å². The number of rotatable bonds is 5. The van der Waals surface area contributed by atoms with Crippen LogP contribution in [0.1, 0.15) is 24.1 Å². The van der Waals surface area contributed by atoms with E-state index in [0.29, 0.717) is 52.6 Å². The van der Waals surface area contributed by atoms with Crippen molar-refractivity contribution in [2.45, 2.75) is 13.0 Å². The number of benzene rings is 2. The molecular formula is C26H24N4O6S. The SMILES string of the molecule is COC(=O)C1=C(C)N=c2sc(=Cc3ccc(N4CCOCC4)c([N+](=O)[O-])c3)c(=O)n2C1c1ccccc1. The smallest absolute Gasteiger partial charge is 0.338 e. The fourth-order valence-electron chi connectivity index (χ4n) is 4.64. The maximum absolute atomic E-state index is 13.6. The van der Waals surface area contributed by atoms with Gasteiger partial charge in [-0.15, -0.1) is 0 Å². The Morgan fingerprint density at radius 1 is 1.22 bits per heavy atom. The third-order valence-electron chi connectivity index (χ3n) is 6.39. The van der Waals surface area contributed by atoms with Gasteiger partial charge in [-0.2, -0.15) is 0 Å². The predicted octanol–water partition coefficient (Wildman–Crippen LogP) is 2.15. The van der Waals surface area contributed by atoms with Crippen molar-refractivity contribution in [2.75, 3.05) is 38.3 Å². The fraction of sp³-hybridized carbons (Fsp3) is 0.269. The van der Waals surface area contributed by atoms with Crippen LogP contribution >= 0.6 is 11.3 Å². The molecule has 10 nitrogen and oxygen atoms in total. The van der Waals surface area contributed by atoms with Crippen LogP contribution in [0.3, 0.4) is 0 Å². The van der Waals surface area contributed by atoms with E-state index in [1.165, 1.54) is 29.1 Å². The highest BCUT2D eigenvalue weighted by Crippen LogP contribution is 2.31. The van der Waals surface area contributed by atoms with Crippen LogP contribution in [-0.4, -0.2) is 48.9 Å². The van der Waals surface area contributed by atoms with E-state index in [4.69, 9.17) is 9.47 Å². The number of hydrogen-bond acceptors (Lipinski definition) is 9. The molecule has 1 saturated heterocycles. The Balaban J connectivity index is 1.64. The molecule has 0 spiro atoms. The molecule has 190 valence electrons. The number of morpholine rings is 1. The molecule has 0 saturated carbocycles. The molecule has 2 aromatic carbocycles. The first-order chi connectivity index (χ1) is 17.9. The Hall–Kier alpha value is -4.09. The fourth-order valence-corrected chi connectivity index (χ4v) is 5.69. The van der Waals surface area contributed by atoms with Gasteiger partial charge in [0.05, 0.1) is 47.1 Å². The first-order valence-corrected chi connectivity index (χ1v) is 12.5. The molecule has 0 bridgehead atoms. The summed E-state index contributed by atoms with van der Waals surface area (Å²) in [5.74, 6) is -0.557. The minimum Gasteiger partial charge on any atom is -0.466 e. The van der Waals surface area contributed by atoms with Gasteiger partial charge in [0.25, 0.3) is 11.2 Å². The number of nitro benzene ring substituents is 1. The third kappa shape index (κ3) is 4.58. The number of thiazole rings is 1. The number of allylic oxidation sites excluding steroid dienone is 1. The van der Waals surface area contributed by atoms with Gasteiger partial charge in [-0.1, -0.05) is 47.7 Å². The van der Waals surface area contributed by atoms with Crippen molar-refractivity contribution in [1.82, 2.24) is 4.57 Å². The molecule has 2 aliphatic rings. The van der Waals surface area contributed by atoms with Crippen LogP contribution < -0.4 is 19.8 Å². The van der Waals surface area contributed by atoms with Gasteiger partial charge < -0.3 is 14.4 Å². The molecule has 2 aliphatic heterocycles. The average Bonchev–Trinajstić information content (AvgIpc) is 3.22. The Kier molecular flexibility index (Phi) is 6.72. The van der Waals surface area contributed by atoms with Gasteiger partial charge in [0.1, 0.15) is 5.69 Å². The molecule has 0 radical (unpaired) electrons. The number of methoxy groups -OCH3 is 1. The Morgan fingerprint density at radius 3 is 2.62 bits per heavy atom. The molecule has 37 heavy (non-hydrogen) atoms. The van der Waals surface area contributed by atoms with Gasteiger partial charge in [-0.05, 0) is 30.2 Å². The van der Waals surface area contributed by atoms with Crippen molar-refractivity contribution in [3.05, 3.63) is 101 Å². The van der Waals surface area contributed by atoms with Gasteiger partial charge in [0.2, 0.25) is 0 Å². The summed E-state index contributed by atoms with van der Waals surface area (Å²) < 4.78 is 12.2. The van der Waals surface area contributed by atoms with Crippen molar-refractivity contribution in [3.63, 3.8) is 0 Å². The van der Waals surface area contributed by atoms with Gasteiger partial charge in [-0.3, -0.25) is 19.5 Å². The van der Waals surface area contributed by atoms with E-state index < -0.39 is 16.9 Å². The van der Waals surface area contributed by atoms with E-state index in [9.17, 15) is 19.7 Å². The molecule has 0 aliphatic carbocycles. The summed E-state index contributed by atoms with van der Waals surface area (Å²) in [6.45, 7) is 3.87. The molecule has 3 heterocycles. The second kappa shape index (κ2) is 10.1. The summed E-state index contributed by atoms with van der Waals surface area (Å²) in [5.41, 5.74) is 2.18. The molecule has 0 amide bonds. The number of hydrogen-bond donors (Lipinski definition) is 0. The van der Waals surface area contributed by atoms with Crippen LogP contribution in [-0.2, 0) is 14.3 Å². The number of nitrogens with zero attached hydrogens (tertiary/aromatic N) is 4. The van der Waals surface area contributed by atoms with Gasteiger partial charge in [0, 0.05) is 19.2 Å². The lowest BCUT2D eigenvalue weighted by molar-refractivity contribution is -0.384. The lowest BCUT2D eigenvalue weighted by atomic mass is 9.96. The highest BCUT2D eigenvalue weighted by atomic mass is 32.1. The van der Waals surface area contributed by atoms with Crippen LogP contribution in [0, 0.1) is 10.1 Å². The van der Waals surface area contributed by atoms with Crippen molar-refractivity contribution in [2.24, 2.45) is 4.99 Å². The largest absolute Gasteiger partial charge is 0.466 e. The van der Waals surface area contributed by atoms with E-state index in [1.807, 2.05) is 35.2 Å². The van der Waals surface area contributed by atoms with E-state index >= 15 is 0 Å². The monoisotopic (exact) mass is 520 g/mol. The summed E-state index contributed by atoms with van der Waals surface area (Å²) in [6.07, 6.45) is 1.62. The van der Waals surface area contributed by atoms with E-state index in [2.05, 4.69) is 4.99 Å². The van der Waals surface area contributed by atoms with Crippen LogP contribution in [0.25, 0.3) is 6.08 Å². The Labute approximate surface area is 215 Å². The topological polar surface area (TPSA) is 116 Å². The number of nitro groups is 1. The van der Waals surface area contributed by atoms with Crippen LogP contribution in [0.5, 0.6) is 0 Å². The number of carbonyl (C=O) groups is 1. The first-order valence-electron chi connectivity index (χ1n) is 11.7. The van der Waals surface area contributed by atoms with Crippen LogP contribution in [0.2, 0.25) is 0 Å². The second-order valence-corrected chi connectivity index (χ2v) is 9.60. The molecule has 1 unspecified atom stereocenters. The number of anilines is 1. The van der Waals surface area contributed by atoms with Gasteiger partial charge in [0.15, 0.2) is 4.80 Å². The van der Waals surface area contributed by atoms with Crippen molar-refractivity contribution >= 4 is 34.8 Å². The van der Waals surface area contributed by atoms with Crippen molar-refractivity contribution in [3.8, 4) is 0 Å². The van der Waals surface area contributed by atoms with E-state index in [1.54, 1.807) is 25.1 Å². The minimum atomic E-state index is -0.704. The first kappa shape index (κ1) is 24.6. The van der Waals surface area contributed by atoms with Crippen LogP contribution in [0.15, 0.2) is 69.6 Å². The van der Waals surface area contributed by atoms with Crippen molar-refractivity contribution < 1.29 is 19.2 Å². The Morgan fingerprint density at radius 2 is 1.95 bits per heavy atom. The molecular weight excluding hydrogens is 496 g/mol. The zero-order chi connectivity index (χ0) is 26.1. The highest BCUT2D eigenvalue weighted by Gasteiger charge is 2.33. The summed E-state index contributed by atoms with van der Waals surface area (Å²) >= 11 is 1.17. The second-order valence-electron chi connectivity index (χ2n) is 8.59. The molecule has 5 rings (SSSR count). The maximum Gasteiger partial charge on any atom is 0.338 e. The normalized spacial score (nSPS) is 17.8. The number of aromatic nitrogens is 1. The molecule has 1 aromatic heterocycles. The molecule has 1 fully saturated rings. The zero-order valence-electron chi connectivity index (χ0n) is 20.2. The Bertz CT molecular complexity index is 1590. The number of fused-ring (bicyclic) bond motifs is 1. The predicted molar refractivity (Wildman–Crippen MR) is 138 cm³/mol. The maximum atomic E-state index is 13.6. The lowest BCUT2D eigenvalue weighted by Gasteiger charge is -2.28. The lowest BCUT2D eigenvalue weighted by Crippen LogP contribution is -2.39. The summed E-state index contributed by atoms with van der Waals surface area (Å²) in [4.78, 5) is 44.7. The van der Waals surface area contributed by atoms with Gasteiger partial charge >= 0.3 is 5.97 Å². The standard InChI is InChI=1S/C26H24N4O6S/c1-16-22(25(32)35-2)23(18-6-4-3-5-7-18)29-24(31)21(37-26(29)27-16)15-17-8-9-19(20(14-17)30(33)34)28-10-12-36-13-11-28/h3-9,14-15,23H,10-13H2,1-2H3. The molecule has 1 atom stereocenters. The number of esters is 1.